The molecule has 0 saturated carbocycles. The lowest BCUT2D eigenvalue weighted by Gasteiger charge is -2.11. The highest BCUT2D eigenvalue weighted by molar-refractivity contribution is 7.80. The zero-order chi connectivity index (χ0) is 19.8. The number of thiocarbonyl (C=S) groups is 1. The van der Waals surface area contributed by atoms with Gasteiger partial charge in [0.05, 0.1) is 6.61 Å². The van der Waals surface area contributed by atoms with Gasteiger partial charge in [-0.2, -0.15) is 0 Å². The molecule has 0 atom stereocenters. The summed E-state index contributed by atoms with van der Waals surface area (Å²) in [4.78, 5) is 24.1. The molecule has 142 valence electrons. The van der Waals surface area contributed by atoms with Gasteiger partial charge in [0.15, 0.2) is 5.11 Å². The molecule has 6 nitrogen and oxygen atoms in total. The number of ether oxygens (including phenoxy) is 1. The van der Waals surface area contributed by atoms with Crippen LogP contribution >= 0.6 is 35.4 Å². The molecule has 9 heteroatoms. The molecular weight excluding hydrogens is 409 g/mol. The van der Waals surface area contributed by atoms with Crippen LogP contribution < -0.4 is 16.0 Å². The smallest absolute Gasteiger partial charge is 0.257 e. The third-order valence-corrected chi connectivity index (χ3v) is 3.99. The lowest BCUT2D eigenvalue weighted by atomic mass is 10.2. The minimum Gasteiger partial charge on any atom is -0.383 e. The lowest BCUT2D eigenvalue weighted by molar-refractivity contribution is 0.0935. The van der Waals surface area contributed by atoms with E-state index in [1.165, 1.54) is 18.2 Å². The number of amides is 2. The molecular formula is C18H17Cl2N3O3S. The van der Waals surface area contributed by atoms with Crippen molar-refractivity contribution in [2.45, 2.75) is 0 Å². The highest BCUT2D eigenvalue weighted by Gasteiger charge is 2.10. The van der Waals surface area contributed by atoms with E-state index in [1.807, 2.05) is 0 Å². The molecule has 0 spiro atoms. The first-order chi connectivity index (χ1) is 12.9. The quantitative estimate of drug-likeness (QED) is 0.487. The molecule has 0 unspecified atom stereocenters. The van der Waals surface area contributed by atoms with E-state index in [-0.39, 0.29) is 11.0 Å². The van der Waals surface area contributed by atoms with Crippen molar-refractivity contribution in [3.63, 3.8) is 0 Å². The van der Waals surface area contributed by atoms with Crippen LogP contribution in [0, 0.1) is 0 Å². The predicted octanol–water partition coefficient (Wildman–Crippen LogP) is 3.50. The molecule has 0 saturated heterocycles. The monoisotopic (exact) mass is 425 g/mol. The molecule has 3 N–H and O–H groups in total. The Kier molecular flexibility index (Phi) is 7.99. The fourth-order valence-electron chi connectivity index (χ4n) is 2.10. The number of halogens is 2. The normalized spacial score (nSPS) is 10.2. The van der Waals surface area contributed by atoms with Gasteiger partial charge < -0.3 is 15.4 Å². The number of carbonyl (C=O) groups is 2. The average Bonchev–Trinajstić information content (AvgIpc) is 2.61. The van der Waals surface area contributed by atoms with Crippen LogP contribution in [0.4, 0.5) is 5.69 Å². The fraction of sp³-hybridized carbons (Fsp3) is 0.167. The maximum atomic E-state index is 12.2. The Morgan fingerprint density at radius 1 is 1.00 bits per heavy atom. The molecule has 0 aliphatic carbocycles. The van der Waals surface area contributed by atoms with Gasteiger partial charge in [-0.05, 0) is 54.7 Å². The number of benzene rings is 2. The Morgan fingerprint density at radius 2 is 1.63 bits per heavy atom. The maximum absolute atomic E-state index is 12.2. The van der Waals surface area contributed by atoms with Crippen LogP contribution in [0.5, 0.6) is 0 Å². The molecule has 2 rings (SSSR count). The van der Waals surface area contributed by atoms with Crippen molar-refractivity contribution in [2.75, 3.05) is 25.6 Å². The summed E-state index contributed by atoms with van der Waals surface area (Å²) in [5.41, 5.74) is 1.41. The molecule has 27 heavy (non-hydrogen) atoms. The summed E-state index contributed by atoms with van der Waals surface area (Å²) < 4.78 is 4.88. The number of anilines is 1. The van der Waals surface area contributed by atoms with Gasteiger partial charge in [0, 0.05) is 40.5 Å². The van der Waals surface area contributed by atoms with Gasteiger partial charge in [0.1, 0.15) is 0 Å². The van der Waals surface area contributed by atoms with Crippen molar-refractivity contribution in [3.05, 3.63) is 63.6 Å². The number of nitrogens with one attached hydrogen (secondary N) is 3. The Labute approximate surface area is 172 Å². The van der Waals surface area contributed by atoms with Crippen molar-refractivity contribution in [3.8, 4) is 0 Å². The SMILES string of the molecule is COCCNC(=O)c1ccc(NC(=S)NC(=O)c2cc(Cl)cc(Cl)c2)cc1. The van der Waals surface area contributed by atoms with Gasteiger partial charge in [-0.1, -0.05) is 23.2 Å². The van der Waals surface area contributed by atoms with Crippen molar-refractivity contribution < 1.29 is 14.3 Å². The maximum Gasteiger partial charge on any atom is 0.257 e. The highest BCUT2D eigenvalue weighted by Crippen LogP contribution is 2.19. The first-order valence-corrected chi connectivity index (χ1v) is 9.01. The van der Waals surface area contributed by atoms with Gasteiger partial charge in [-0.25, -0.2) is 0 Å². The van der Waals surface area contributed by atoms with Crippen LogP contribution in [0.3, 0.4) is 0 Å². The Bertz CT molecular complexity index is 824. The second-order valence-corrected chi connectivity index (χ2v) is 6.67. The molecule has 2 amide bonds. The molecule has 0 heterocycles. The van der Waals surface area contributed by atoms with Gasteiger partial charge in [0.2, 0.25) is 0 Å². The van der Waals surface area contributed by atoms with Gasteiger partial charge in [-0.15, -0.1) is 0 Å². The molecule has 0 bridgehead atoms. The van der Waals surface area contributed by atoms with Crippen LogP contribution in [-0.4, -0.2) is 37.2 Å². The summed E-state index contributed by atoms with van der Waals surface area (Å²) in [5.74, 6) is -0.640. The zero-order valence-electron chi connectivity index (χ0n) is 14.3. The van der Waals surface area contributed by atoms with Crippen LogP contribution in [0.25, 0.3) is 0 Å². The van der Waals surface area contributed by atoms with Gasteiger partial charge in [0.25, 0.3) is 11.8 Å². The van der Waals surface area contributed by atoms with E-state index in [0.29, 0.717) is 40.0 Å². The van der Waals surface area contributed by atoms with Crippen LogP contribution in [0.1, 0.15) is 20.7 Å². The fourth-order valence-corrected chi connectivity index (χ4v) is 2.83. The highest BCUT2D eigenvalue weighted by atomic mass is 35.5. The van der Waals surface area contributed by atoms with E-state index < -0.39 is 5.91 Å². The summed E-state index contributed by atoms with van der Waals surface area (Å²) in [6.07, 6.45) is 0. The molecule has 2 aromatic carbocycles. The number of carbonyl (C=O) groups excluding carboxylic acids is 2. The average molecular weight is 426 g/mol. The van der Waals surface area contributed by atoms with E-state index >= 15 is 0 Å². The van der Waals surface area contributed by atoms with Gasteiger partial charge in [-0.3, -0.25) is 14.9 Å². The van der Waals surface area contributed by atoms with E-state index in [1.54, 1.807) is 31.4 Å². The minimum absolute atomic E-state index is 0.105. The minimum atomic E-state index is -0.439. The first kappa shape index (κ1) is 21.1. The third kappa shape index (κ3) is 6.80. The second kappa shape index (κ2) is 10.2. The molecule has 0 aliphatic heterocycles. The van der Waals surface area contributed by atoms with E-state index in [9.17, 15) is 9.59 Å². The number of methoxy groups -OCH3 is 1. The molecule has 2 aromatic rings. The van der Waals surface area contributed by atoms with Gasteiger partial charge >= 0.3 is 0 Å². The third-order valence-electron chi connectivity index (χ3n) is 3.35. The topological polar surface area (TPSA) is 79.5 Å². The van der Waals surface area contributed by atoms with Crippen LogP contribution in [0.15, 0.2) is 42.5 Å². The standard InChI is InChI=1S/C18H17Cl2N3O3S/c1-26-7-6-21-16(24)11-2-4-15(5-3-11)22-18(27)23-17(25)12-8-13(19)10-14(20)9-12/h2-5,8-10H,6-7H2,1H3,(H,21,24)(H2,22,23,25,27). The number of hydrogen-bond acceptors (Lipinski definition) is 4. The number of hydrogen-bond donors (Lipinski definition) is 3. The van der Waals surface area contributed by atoms with Crippen molar-refractivity contribution in [2.24, 2.45) is 0 Å². The Hall–Kier alpha value is -2.19. The van der Waals surface area contributed by atoms with E-state index in [4.69, 9.17) is 40.2 Å². The van der Waals surface area contributed by atoms with Crippen molar-refractivity contribution in [1.82, 2.24) is 10.6 Å². The van der Waals surface area contributed by atoms with E-state index in [2.05, 4.69) is 16.0 Å². The Balaban J connectivity index is 1.91. The second-order valence-electron chi connectivity index (χ2n) is 5.39. The Morgan fingerprint density at radius 3 is 2.22 bits per heavy atom. The summed E-state index contributed by atoms with van der Waals surface area (Å²) in [7, 11) is 1.56. The largest absolute Gasteiger partial charge is 0.383 e. The lowest BCUT2D eigenvalue weighted by Crippen LogP contribution is -2.34. The summed E-state index contributed by atoms with van der Waals surface area (Å²) in [6, 6.07) is 11.2. The summed E-state index contributed by atoms with van der Waals surface area (Å²) >= 11 is 16.9. The molecule has 0 radical (unpaired) electrons. The summed E-state index contributed by atoms with van der Waals surface area (Å²) in [6.45, 7) is 0.871. The van der Waals surface area contributed by atoms with E-state index in [0.717, 1.165) is 0 Å². The predicted molar refractivity (Wildman–Crippen MR) is 111 cm³/mol. The van der Waals surface area contributed by atoms with Crippen molar-refractivity contribution >= 4 is 58.0 Å². The van der Waals surface area contributed by atoms with Crippen molar-refractivity contribution in [1.29, 1.82) is 0 Å². The number of rotatable bonds is 6. The molecule has 0 aromatic heterocycles. The van der Waals surface area contributed by atoms with Crippen LogP contribution in [0.2, 0.25) is 10.0 Å². The summed E-state index contributed by atoms with van der Waals surface area (Å²) in [5, 5.41) is 8.95. The van der Waals surface area contributed by atoms with Crippen LogP contribution in [-0.2, 0) is 4.74 Å². The molecule has 0 aliphatic rings. The first-order valence-electron chi connectivity index (χ1n) is 7.84. The molecule has 0 fully saturated rings. The zero-order valence-corrected chi connectivity index (χ0v) is 16.7.